The Labute approximate surface area is 169 Å². The molecule has 2 aromatic carbocycles. The number of piperazine rings is 1. The second-order valence-corrected chi connectivity index (χ2v) is 7.97. The highest BCUT2D eigenvalue weighted by atomic mass is 32.1. The molecule has 4 nitrogen and oxygen atoms in total. The van der Waals surface area contributed by atoms with E-state index >= 15 is 0 Å². The minimum Gasteiger partial charge on any atom is -0.497 e. The topological polar surface area (TPSA) is 34.0 Å². The average molecular weight is 394 g/mol. The molecule has 1 saturated heterocycles. The van der Waals surface area contributed by atoms with E-state index in [4.69, 9.17) is 4.74 Å². The first-order valence-electron chi connectivity index (χ1n) is 9.61. The molecule has 3 aromatic rings. The Kier molecular flexibility index (Phi) is 5.74. The van der Waals surface area contributed by atoms with Crippen LogP contribution < -0.4 is 9.64 Å². The molecule has 28 heavy (non-hydrogen) atoms. The van der Waals surface area contributed by atoms with Gasteiger partial charge in [0.1, 0.15) is 12.3 Å². The molecule has 144 valence electrons. The molecule has 1 N–H and O–H groups in total. The number of ether oxygens (including phenoxy) is 1. The number of quaternary nitrogens is 1. The van der Waals surface area contributed by atoms with Gasteiger partial charge in [0.15, 0.2) is 0 Å². The Bertz CT molecular complexity index is 973. The van der Waals surface area contributed by atoms with Gasteiger partial charge in [-0.1, -0.05) is 18.2 Å². The summed E-state index contributed by atoms with van der Waals surface area (Å²) >= 11 is 1.75. The molecule has 0 saturated carbocycles. The second kappa shape index (κ2) is 8.59. The summed E-state index contributed by atoms with van der Waals surface area (Å²) < 4.78 is 5.27. The van der Waals surface area contributed by atoms with E-state index in [0.717, 1.165) is 54.8 Å². The highest BCUT2D eigenvalue weighted by Crippen LogP contribution is 2.22. The monoisotopic (exact) mass is 393 g/mol. The van der Waals surface area contributed by atoms with E-state index in [-0.39, 0.29) is 5.91 Å². The summed E-state index contributed by atoms with van der Waals surface area (Å²) in [5.74, 6) is 0.954. The molecule has 2 heterocycles. The fraction of sp³-hybridized carbons (Fsp3) is 0.261. The first-order valence-corrected chi connectivity index (χ1v) is 10.5. The van der Waals surface area contributed by atoms with E-state index in [1.54, 1.807) is 29.4 Å². The lowest BCUT2D eigenvalue weighted by molar-refractivity contribution is -0.917. The van der Waals surface area contributed by atoms with E-state index < -0.39 is 0 Å². The zero-order chi connectivity index (χ0) is 19.3. The number of rotatable bonds is 5. The zero-order valence-corrected chi connectivity index (χ0v) is 16.9. The first-order chi connectivity index (χ1) is 13.7. The molecule has 1 aliphatic rings. The molecule has 0 atom stereocenters. The van der Waals surface area contributed by atoms with Crippen molar-refractivity contribution in [1.29, 1.82) is 0 Å². The van der Waals surface area contributed by atoms with Crippen molar-refractivity contribution in [3.05, 3.63) is 70.4 Å². The van der Waals surface area contributed by atoms with Crippen molar-refractivity contribution in [3.8, 4) is 5.75 Å². The molecule has 4 rings (SSSR count). The summed E-state index contributed by atoms with van der Waals surface area (Å²) in [5, 5.41) is 6.61. The SMILES string of the molecule is COc1ccc2cc(/C=C/C(=O)N3CC[NH+](Cc4ccsc4)CC3)ccc2c1. The first kappa shape index (κ1) is 18.7. The third kappa shape index (κ3) is 4.43. The summed E-state index contributed by atoms with van der Waals surface area (Å²) in [6, 6.07) is 14.4. The zero-order valence-electron chi connectivity index (χ0n) is 16.1. The minimum atomic E-state index is 0.101. The van der Waals surface area contributed by atoms with Crippen LogP contribution in [-0.2, 0) is 11.3 Å². The van der Waals surface area contributed by atoms with Gasteiger partial charge >= 0.3 is 0 Å². The summed E-state index contributed by atoms with van der Waals surface area (Å²) in [7, 11) is 1.67. The van der Waals surface area contributed by atoms with Crippen molar-refractivity contribution in [3.63, 3.8) is 0 Å². The normalized spacial score (nSPS) is 15.4. The van der Waals surface area contributed by atoms with Crippen molar-refractivity contribution in [2.75, 3.05) is 33.3 Å². The quantitative estimate of drug-likeness (QED) is 0.677. The van der Waals surface area contributed by atoms with E-state index in [1.807, 2.05) is 35.2 Å². The molecule has 1 fully saturated rings. The van der Waals surface area contributed by atoms with Crippen molar-refractivity contribution in [1.82, 2.24) is 4.90 Å². The smallest absolute Gasteiger partial charge is 0.246 e. The summed E-state index contributed by atoms with van der Waals surface area (Å²) in [6.07, 6.45) is 3.62. The van der Waals surface area contributed by atoms with Gasteiger partial charge in [-0.2, -0.15) is 11.3 Å². The molecule has 0 spiro atoms. The van der Waals surface area contributed by atoms with Crippen LogP contribution in [0.2, 0.25) is 0 Å². The van der Waals surface area contributed by atoms with Crippen LogP contribution in [0, 0.1) is 0 Å². The van der Waals surface area contributed by atoms with Gasteiger partial charge in [-0.25, -0.2) is 0 Å². The Morgan fingerprint density at radius 1 is 1.14 bits per heavy atom. The molecule has 0 bridgehead atoms. The number of nitrogens with zero attached hydrogens (tertiary/aromatic N) is 1. The molecule has 1 amide bonds. The van der Waals surface area contributed by atoms with E-state index in [2.05, 4.69) is 29.0 Å². The summed E-state index contributed by atoms with van der Waals surface area (Å²) in [5.41, 5.74) is 2.43. The minimum absolute atomic E-state index is 0.101. The van der Waals surface area contributed by atoms with Crippen molar-refractivity contribution < 1.29 is 14.4 Å². The van der Waals surface area contributed by atoms with Crippen molar-refractivity contribution >= 4 is 34.1 Å². The maximum absolute atomic E-state index is 12.6. The lowest BCUT2D eigenvalue weighted by atomic mass is 10.1. The van der Waals surface area contributed by atoms with Crippen LogP contribution in [0.3, 0.4) is 0 Å². The van der Waals surface area contributed by atoms with E-state index in [9.17, 15) is 4.79 Å². The van der Waals surface area contributed by atoms with Gasteiger partial charge in [-0.15, -0.1) is 0 Å². The predicted molar refractivity (Wildman–Crippen MR) is 115 cm³/mol. The lowest BCUT2D eigenvalue weighted by Gasteiger charge is -2.31. The van der Waals surface area contributed by atoms with E-state index in [1.165, 1.54) is 5.56 Å². The molecular weight excluding hydrogens is 368 g/mol. The fourth-order valence-electron chi connectivity index (χ4n) is 3.65. The Balaban J connectivity index is 1.34. The van der Waals surface area contributed by atoms with Gasteiger partial charge in [0.25, 0.3) is 0 Å². The van der Waals surface area contributed by atoms with Crippen LogP contribution in [0.25, 0.3) is 16.8 Å². The molecule has 0 radical (unpaired) electrons. The van der Waals surface area contributed by atoms with Crippen LogP contribution >= 0.6 is 11.3 Å². The predicted octanol–water partition coefficient (Wildman–Crippen LogP) is 2.85. The van der Waals surface area contributed by atoms with Gasteiger partial charge in [-0.05, 0) is 57.4 Å². The lowest BCUT2D eigenvalue weighted by Crippen LogP contribution is -3.13. The summed E-state index contributed by atoms with van der Waals surface area (Å²) in [6.45, 7) is 4.71. The van der Waals surface area contributed by atoms with Gasteiger partial charge in [0, 0.05) is 11.6 Å². The van der Waals surface area contributed by atoms with Crippen LogP contribution in [0.15, 0.2) is 59.3 Å². The van der Waals surface area contributed by atoms with Gasteiger partial charge in [0.2, 0.25) is 5.91 Å². The van der Waals surface area contributed by atoms with Gasteiger partial charge in [0.05, 0.1) is 33.3 Å². The maximum atomic E-state index is 12.6. The number of thiophene rings is 1. The fourth-order valence-corrected chi connectivity index (χ4v) is 4.32. The molecule has 5 heteroatoms. The Hall–Kier alpha value is -2.63. The van der Waals surface area contributed by atoms with Crippen LogP contribution in [0.4, 0.5) is 0 Å². The highest BCUT2D eigenvalue weighted by molar-refractivity contribution is 7.07. The van der Waals surface area contributed by atoms with Gasteiger partial charge in [-0.3, -0.25) is 4.79 Å². The molecule has 0 aliphatic carbocycles. The number of methoxy groups -OCH3 is 1. The van der Waals surface area contributed by atoms with Crippen LogP contribution in [0.5, 0.6) is 5.75 Å². The molecular formula is C23H25N2O2S+. The molecule has 1 aromatic heterocycles. The largest absolute Gasteiger partial charge is 0.497 e. The summed E-state index contributed by atoms with van der Waals surface area (Å²) in [4.78, 5) is 16.1. The number of carbonyl (C=O) groups excluding carboxylic acids is 1. The van der Waals surface area contributed by atoms with Crippen LogP contribution in [-0.4, -0.2) is 44.1 Å². The number of nitrogens with one attached hydrogen (secondary N) is 1. The van der Waals surface area contributed by atoms with Crippen molar-refractivity contribution in [2.24, 2.45) is 0 Å². The number of fused-ring (bicyclic) bond motifs is 1. The third-order valence-electron chi connectivity index (χ3n) is 5.31. The number of hydrogen-bond donors (Lipinski definition) is 1. The maximum Gasteiger partial charge on any atom is 0.246 e. The van der Waals surface area contributed by atoms with E-state index in [0.29, 0.717) is 0 Å². The average Bonchev–Trinajstić information content (AvgIpc) is 3.25. The molecule has 0 unspecified atom stereocenters. The third-order valence-corrected chi connectivity index (χ3v) is 6.04. The van der Waals surface area contributed by atoms with Crippen LogP contribution in [0.1, 0.15) is 11.1 Å². The molecule has 1 aliphatic heterocycles. The highest BCUT2D eigenvalue weighted by Gasteiger charge is 2.22. The van der Waals surface area contributed by atoms with Gasteiger partial charge < -0.3 is 14.5 Å². The number of benzene rings is 2. The Morgan fingerprint density at radius 3 is 2.68 bits per heavy atom. The number of hydrogen-bond acceptors (Lipinski definition) is 3. The number of carbonyl (C=O) groups is 1. The number of amides is 1. The second-order valence-electron chi connectivity index (χ2n) is 7.19. The van der Waals surface area contributed by atoms with Crippen molar-refractivity contribution in [2.45, 2.75) is 6.54 Å². The standard InChI is InChI=1S/C23H24N2O2S/c1-27-22-6-5-20-14-18(2-4-21(20)15-22)3-7-23(26)25-11-9-24(10-12-25)16-19-8-13-28-17-19/h2-8,13-15,17H,9-12,16H2,1H3/p+1/b7-3+. The Morgan fingerprint density at radius 2 is 1.93 bits per heavy atom.